The van der Waals surface area contributed by atoms with E-state index in [2.05, 4.69) is 4.99 Å². The second-order valence-electron chi connectivity index (χ2n) is 4.83. The fourth-order valence-corrected chi connectivity index (χ4v) is 2.50. The van der Waals surface area contributed by atoms with Crippen molar-refractivity contribution in [1.29, 1.82) is 0 Å². The molecule has 5 nitrogen and oxygen atoms in total. The van der Waals surface area contributed by atoms with Crippen molar-refractivity contribution >= 4 is 11.9 Å². The van der Waals surface area contributed by atoms with Gasteiger partial charge < -0.3 is 15.4 Å². The first-order chi connectivity index (χ1) is 9.22. The molecule has 0 aromatic heterocycles. The van der Waals surface area contributed by atoms with E-state index >= 15 is 0 Å². The molecule has 1 unspecified atom stereocenters. The van der Waals surface area contributed by atoms with Crippen molar-refractivity contribution in [1.82, 2.24) is 4.90 Å². The summed E-state index contributed by atoms with van der Waals surface area (Å²) < 4.78 is 5.63. The van der Waals surface area contributed by atoms with Crippen molar-refractivity contribution in [2.24, 2.45) is 10.7 Å². The SMILES string of the molecule is CCOc1ccccc1C1C(N)=NC(=O)N1C1CC1. The molecular weight excluding hydrogens is 242 g/mol. The van der Waals surface area contributed by atoms with Gasteiger partial charge in [-0.2, -0.15) is 4.99 Å². The Morgan fingerprint density at radius 2 is 2.16 bits per heavy atom. The lowest BCUT2D eigenvalue weighted by atomic mass is 10.0. The third kappa shape index (κ3) is 2.05. The summed E-state index contributed by atoms with van der Waals surface area (Å²) in [6.45, 7) is 2.52. The van der Waals surface area contributed by atoms with Gasteiger partial charge in [0.25, 0.3) is 0 Å². The number of nitrogens with two attached hydrogens (primary N) is 1. The summed E-state index contributed by atoms with van der Waals surface area (Å²) >= 11 is 0. The lowest BCUT2D eigenvalue weighted by Crippen LogP contribution is -2.35. The normalized spacial score (nSPS) is 22.6. The Labute approximate surface area is 112 Å². The van der Waals surface area contributed by atoms with Crippen LogP contribution in [0, 0.1) is 0 Å². The molecule has 19 heavy (non-hydrogen) atoms. The molecule has 2 N–H and O–H groups in total. The standard InChI is InChI=1S/C14H17N3O2/c1-2-19-11-6-4-3-5-10(11)12-13(15)16-14(18)17(12)9-7-8-9/h3-6,9,12H,2,7-8H2,1H3,(H2,15,16,18). The minimum Gasteiger partial charge on any atom is -0.494 e. The third-order valence-electron chi connectivity index (χ3n) is 3.46. The fraction of sp³-hybridized carbons (Fsp3) is 0.429. The highest BCUT2D eigenvalue weighted by Gasteiger charge is 2.44. The van der Waals surface area contributed by atoms with Crippen LogP contribution in [0.25, 0.3) is 0 Å². The number of para-hydroxylation sites is 1. The number of benzene rings is 1. The summed E-state index contributed by atoms with van der Waals surface area (Å²) in [7, 11) is 0. The highest BCUT2D eigenvalue weighted by atomic mass is 16.5. The minimum atomic E-state index is -0.275. The highest BCUT2D eigenvalue weighted by molar-refractivity contribution is 6.03. The van der Waals surface area contributed by atoms with Crippen LogP contribution in [-0.2, 0) is 0 Å². The molecule has 0 saturated heterocycles. The third-order valence-corrected chi connectivity index (χ3v) is 3.46. The van der Waals surface area contributed by atoms with Crippen LogP contribution >= 0.6 is 0 Å². The lowest BCUT2D eigenvalue weighted by Gasteiger charge is -2.25. The van der Waals surface area contributed by atoms with E-state index in [1.54, 1.807) is 4.90 Å². The first-order valence-corrected chi connectivity index (χ1v) is 6.60. The van der Waals surface area contributed by atoms with Gasteiger partial charge in [0.15, 0.2) is 0 Å². The Balaban J connectivity index is 1.99. The van der Waals surface area contributed by atoms with E-state index in [0.29, 0.717) is 12.4 Å². The first-order valence-electron chi connectivity index (χ1n) is 6.60. The molecule has 0 radical (unpaired) electrons. The van der Waals surface area contributed by atoms with Crippen LogP contribution in [0.15, 0.2) is 29.3 Å². The second kappa shape index (κ2) is 4.57. The second-order valence-corrected chi connectivity index (χ2v) is 4.83. The molecule has 1 saturated carbocycles. The van der Waals surface area contributed by atoms with Gasteiger partial charge >= 0.3 is 6.03 Å². The van der Waals surface area contributed by atoms with E-state index < -0.39 is 0 Å². The van der Waals surface area contributed by atoms with Crippen molar-refractivity contribution in [3.63, 3.8) is 0 Å². The molecule has 1 aromatic rings. The monoisotopic (exact) mass is 259 g/mol. The van der Waals surface area contributed by atoms with Crippen molar-refractivity contribution in [3.05, 3.63) is 29.8 Å². The van der Waals surface area contributed by atoms with E-state index in [-0.39, 0.29) is 18.1 Å². The molecular formula is C14H17N3O2. The summed E-state index contributed by atoms with van der Waals surface area (Å²) in [4.78, 5) is 17.6. The topological polar surface area (TPSA) is 67.9 Å². The molecule has 2 amide bonds. The maximum atomic E-state index is 11.9. The van der Waals surface area contributed by atoms with Gasteiger partial charge in [-0.1, -0.05) is 18.2 Å². The zero-order chi connectivity index (χ0) is 13.4. The van der Waals surface area contributed by atoms with Crippen LogP contribution < -0.4 is 10.5 Å². The number of amidine groups is 1. The smallest absolute Gasteiger partial charge is 0.346 e. The Hall–Kier alpha value is -2.04. The zero-order valence-corrected chi connectivity index (χ0v) is 10.9. The molecule has 1 aromatic carbocycles. The van der Waals surface area contributed by atoms with Gasteiger partial charge in [-0.3, -0.25) is 0 Å². The molecule has 0 spiro atoms. The number of carbonyl (C=O) groups excluding carboxylic acids is 1. The molecule has 1 heterocycles. The van der Waals surface area contributed by atoms with Crippen molar-refractivity contribution in [3.8, 4) is 5.75 Å². The zero-order valence-electron chi connectivity index (χ0n) is 10.9. The maximum absolute atomic E-state index is 11.9. The lowest BCUT2D eigenvalue weighted by molar-refractivity contribution is 0.202. The molecule has 1 aliphatic heterocycles. The average Bonchev–Trinajstić information content (AvgIpc) is 3.17. The van der Waals surface area contributed by atoms with Crippen molar-refractivity contribution in [2.75, 3.05) is 6.61 Å². The van der Waals surface area contributed by atoms with Crippen LogP contribution in [0.2, 0.25) is 0 Å². The number of urea groups is 1. The van der Waals surface area contributed by atoms with Gasteiger partial charge in [-0.05, 0) is 25.8 Å². The molecule has 1 atom stereocenters. The van der Waals surface area contributed by atoms with Crippen LogP contribution in [0.4, 0.5) is 4.79 Å². The predicted octanol–water partition coefficient (Wildman–Crippen LogP) is 2.08. The average molecular weight is 259 g/mol. The summed E-state index contributed by atoms with van der Waals surface area (Å²) in [5.74, 6) is 1.14. The summed E-state index contributed by atoms with van der Waals surface area (Å²) in [6, 6.07) is 7.47. The van der Waals surface area contributed by atoms with Crippen molar-refractivity contribution < 1.29 is 9.53 Å². The Morgan fingerprint density at radius 3 is 2.84 bits per heavy atom. The number of hydrogen-bond acceptors (Lipinski definition) is 3. The fourth-order valence-electron chi connectivity index (χ4n) is 2.50. The molecule has 3 rings (SSSR count). The first kappa shape index (κ1) is 12.0. The quantitative estimate of drug-likeness (QED) is 0.900. The number of hydrogen-bond donors (Lipinski definition) is 1. The van der Waals surface area contributed by atoms with Gasteiger partial charge in [-0.15, -0.1) is 0 Å². The predicted molar refractivity (Wildman–Crippen MR) is 72.2 cm³/mol. The summed E-state index contributed by atoms with van der Waals surface area (Å²) in [5.41, 5.74) is 6.87. The molecule has 1 aliphatic carbocycles. The summed E-state index contributed by atoms with van der Waals surface area (Å²) in [5, 5.41) is 0. The van der Waals surface area contributed by atoms with Gasteiger partial charge in [0, 0.05) is 11.6 Å². The van der Waals surface area contributed by atoms with E-state index in [4.69, 9.17) is 10.5 Å². The number of nitrogens with zero attached hydrogens (tertiary/aromatic N) is 2. The molecule has 100 valence electrons. The van der Waals surface area contributed by atoms with E-state index in [0.717, 1.165) is 24.2 Å². The maximum Gasteiger partial charge on any atom is 0.346 e. The van der Waals surface area contributed by atoms with E-state index in [1.165, 1.54) is 0 Å². The molecule has 5 heteroatoms. The summed E-state index contributed by atoms with van der Waals surface area (Å²) in [6.07, 6.45) is 2.06. The number of ether oxygens (including phenoxy) is 1. The van der Waals surface area contributed by atoms with Gasteiger partial charge in [0.1, 0.15) is 17.6 Å². The number of amides is 2. The largest absolute Gasteiger partial charge is 0.494 e. The molecule has 0 bridgehead atoms. The number of carbonyl (C=O) groups is 1. The number of rotatable bonds is 4. The minimum absolute atomic E-state index is 0.226. The van der Waals surface area contributed by atoms with Crippen molar-refractivity contribution in [2.45, 2.75) is 31.8 Å². The number of aliphatic imine (C=N–C) groups is 1. The highest BCUT2D eigenvalue weighted by Crippen LogP contribution is 2.40. The van der Waals surface area contributed by atoms with Crippen LogP contribution in [0.5, 0.6) is 5.75 Å². The Bertz CT molecular complexity index is 537. The Morgan fingerprint density at radius 1 is 1.42 bits per heavy atom. The van der Waals surface area contributed by atoms with Gasteiger partial charge in [0.05, 0.1) is 6.61 Å². The van der Waals surface area contributed by atoms with Crippen LogP contribution in [0.1, 0.15) is 31.4 Å². The van der Waals surface area contributed by atoms with Crippen LogP contribution in [0.3, 0.4) is 0 Å². The molecule has 2 aliphatic rings. The molecule has 1 fully saturated rings. The van der Waals surface area contributed by atoms with Gasteiger partial charge in [0.2, 0.25) is 0 Å². The van der Waals surface area contributed by atoms with Crippen LogP contribution in [-0.4, -0.2) is 29.4 Å². The van der Waals surface area contributed by atoms with E-state index in [1.807, 2.05) is 31.2 Å². The van der Waals surface area contributed by atoms with Gasteiger partial charge in [-0.25, -0.2) is 4.79 Å². The Kier molecular flexibility index (Phi) is 2.89. The van der Waals surface area contributed by atoms with E-state index in [9.17, 15) is 4.79 Å².